The molecular formula is C9H13N3S. The smallest absolute Gasteiger partial charge is 0.0973 e. The first-order valence-electron chi connectivity index (χ1n) is 4.46. The number of rotatable bonds is 3. The van der Waals surface area contributed by atoms with E-state index >= 15 is 0 Å². The van der Waals surface area contributed by atoms with Gasteiger partial charge in [0.2, 0.25) is 0 Å². The highest BCUT2D eigenvalue weighted by Crippen LogP contribution is 2.28. The summed E-state index contributed by atoms with van der Waals surface area (Å²) in [7, 11) is 0. The van der Waals surface area contributed by atoms with Crippen molar-refractivity contribution in [2.24, 2.45) is 16.6 Å². The van der Waals surface area contributed by atoms with Gasteiger partial charge in [-0.2, -0.15) is 0 Å². The molecule has 1 aromatic rings. The van der Waals surface area contributed by atoms with Crippen molar-refractivity contribution in [2.75, 3.05) is 0 Å². The molecule has 2 rings (SSSR count). The van der Waals surface area contributed by atoms with E-state index in [0.29, 0.717) is 12.5 Å². The number of amidine groups is 1. The molecule has 0 aliphatic heterocycles. The molecule has 1 aliphatic rings. The molecule has 3 nitrogen and oxygen atoms in total. The Bertz CT molecular complexity index is 325. The molecule has 4 heteroatoms. The van der Waals surface area contributed by atoms with Gasteiger partial charge in [-0.05, 0) is 19.8 Å². The van der Waals surface area contributed by atoms with Crippen LogP contribution in [-0.2, 0) is 6.54 Å². The van der Waals surface area contributed by atoms with E-state index in [-0.39, 0.29) is 0 Å². The molecule has 1 fully saturated rings. The molecule has 0 saturated heterocycles. The molecule has 0 radical (unpaired) electrons. The lowest BCUT2D eigenvalue weighted by Crippen LogP contribution is -2.14. The zero-order chi connectivity index (χ0) is 9.26. The van der Waals surface area contributed by atoms with Gasteiger partial charge < -0.3 is 5.73 Å². The van der Waals surface area contributed by atoms with E-state index in [1.807, 2.05) is 12.3 Å². The fourth-order valence-electron chi connectivity index (χ4n) is 1.16. The maximum absolute atomic E-state index is 5.76. The Morgan fingerprint density at radius 3 is 3.08 bits per heavy atom. The average molecular weight is 195 g/mol. The van der Waals surface area contributed by atoms with Crippen LogP contribution in [0.5, 0.6) is 0 Å². The van der Waals surface area contributed by atoms with Crippen LogP contribution in [0, 0.1) is 12.8 Å². The number of aryl methyl sites for hydroxylation is 1. The normalized spacial score (nSPS) is 17.8. The van der Waals surface area contributed by atoms with Gasteiger partial charge in [0, 0.05) is 11.3 Å². The van der Waals surface area contributed by atoms with Crippen LogP contribution in [0.3, 0.4) is 0 Å². The van der Waals surface area contributed by atoms with E-state index in [0.717, 1.165) is 16.5 Å². The molecule has 1 heterocycles. The largest absolute Gasteiger partial charge is 0.387 e. The molecule has 0 aromatic carbocycles. The van der Waals surface area contributed by atoms with Crippen LogP contribution in [0.15, 0.2) is 10.4 Å². The van der Waals surface area contributed by atoms with E-state index in [2.05, 4.69) is 9.98 Å². The average Bonchev–Trinajstić information content (AvgIpc) is 2.87. The molecule has 1 aromatic heterocycles. The Morgan fingerprint density at radius 2 is 2.54 bits per heavy atom. The maximum atomic E-state index is 5.76. The second-order valence-electron chi connectivity index (χ2n) is 3.37. The van der Waals surface area contributed by atoms with Crippen molar-refractivity contribution in [3.05, 3.63) is 16.1 Å². The third-order valence-electron chi connectivity index (χ3n) is 2.09. The molecule has 1 aliphatic carbocycles. The lowest BCUT2D eigenvalue weighted by Gasteiger charge is -1.94. The van der Waals surface area contributed by atoms with E-state index in [1.54, 1.807) is 11.3 Å². The standard InChI is InChI=1S/C9H13N3S/c1-6-12-8(5-13-6)4-11-9(10)7-2-3-7/h5,7H,2-4H2,1H3,(H2,10,11). The second-order valence-corrected chi connectivity index (χ2v) is 4.44. The van der Waals surface area contributed by atoms with Crippen molar-refractivity contribution < 1.29 is 0 Å². The zero-order valence-electron chi connectivity index (χ0n) is 7.66. The third-order valence-corrected chi connectivity index (χ3v) is 2.91. The molecule has 0 atom stereocenters. The molecule has 1 saturated carbocycles. The molecule has 0 bridgehead atoms. The Labute approximate surface area is 81.7 Å². The van der Waals surface area contributed by atoms with Crippen LogP contribution in [0.4, 0.5) is 0 Å². The summed E-state index contributed by atoms with van der Waals surface area (Å²) in [6.45, 7) is 2.65. The summed E-state index contributed by atoms with van der Waals surface area (Å²) in [6.07, 6.45) is 2.43. The minimum Gasteiger partial charge on any atom is -0.387 e. The predicted molar refractivity (Wildman–Crippen MR) is 54.9 cm³/mol. The van der Waals surface area contributed by atoms with E-state index in [1.165, 1.54) is 12.8 Å². The summed E-state index contributed by atoms with van der Waals surface area (Å²) in [4.78, 5) is 8.63. The van der Waals surface area contributed by atoms with Crippen LogP contribution in [0.25, 0.3) is 0 Å². The first-order valence-corrected chi connectivity index (χ1v) is 5.34. The summed E-state index contributed by atoms with van der Waals surface area (Å²) >= 11 is 1.66. The fourth-order valence-corrected chi connectivity index (χ4v) is 1.77. The zero-order valence-corrected chi connectivity index (χ0v) is 8.47. The molecule has 70 valence electrons. The second kappa shape index (κ2) is 3.46. The summed E-state index contributed by atoms with van der Waals surface area (Å²) < 4.78 is 0. The van der Waals surface area contributed by atoms with Gasteiger partial charge in [0.05, 0.1) is 23.1 Å². The van der Waals surface area contributed by atoms with E-state index < -0.39 is 0 Å². The summed E-state index contributed by atoms with van der Waals surface area (Å²) in [5.41, 5.74) is 6.79. The Hall–Kier alpha value is -0.900. The first-order chi connectivity index (χ1) is 6.25. The van der Waals surface area contributed by atoms with Gasteiger partial charge in [-0.1, -0.05) is 0 Å². The number of hydrogen-bond donors (Lipinski definition) is 1. The highest BCUT2D eigenvalue weighted by molar-refractivity contribution is 7.09. The van der Waals surface area contributed by atoms with Crippen LogP contribution >= 0.6 is 11.3 Å². The monoisotopic (exact) mass is 195 g/mol. The van der Waals surface area contributed by atoms with Gasteiger partial charge in [-0.25, -0.2) is 4.98 Å². The van der Waals surface area contributed by atoms with Gasteiger partial charge in [0.1, 0.15) is 0 Å². The molecular weight excluding hydrogens is 182 g/mol. The van der Waals surface area contributed by atoms with Crippen LogP contribution in [0.1, 0.15) is 23.5 Å². The van der Waals surface area contributed by atoms with Gasteiger partial charge in [-0.15, -0.1) is 11.3 Å². The summed E-state index contributed by atoms with van der Waals surface area (Å²) in [5, 5.41) is 3.13. The van der Waals surface area contributed by atoms with Gasteiger partial charge in [0.15, 0.2) is 0 Å². The SMILES string of the molecule is Cc1nc(CN=C(N)C2CC2)cs1. The summed E-state index contributed by atoms with van der Waals surface area (Å²) in [5.74, 6) is 1.38. The van der Waals surface area contributed by atoms with E-state index in [4.69, 9.17) is 5.73 Å². The molecule has 0 unspecified atom stereocenters. The lowest BCUT2D eigenvalue weighted by molar-refractivity contribution is 0.971. The van der Waals surface area contributed by atoms with Gasteiger partial charge >= 0.3 is 0 Å². The fraction of sp³-hybridized carbons (Fsp3) is 0.556. The highest BCUT2D eigenvalue weighted by atomic mass is 32.1. The van der Waals surface area contributed by atoms with Crippen molar-refractivity contribution in [1.82, 2.24) is 4.98 Å². The molecule has 0 spiro atoms. The van der Waals surface area contributed by atoms with Crippen molar-refractivity contribution in [1.29, 1.82) is 0 Å². The lowest BCUT2D eigenvalue weighted by atomic mass is 10.4. The highest BCUT2D eigenvalue weighted by Gasteiger charge is 2.25. The molecule has 2 N–H and O–H groups in total. The molecule has 13 heavy (non-hydrogen) atoms. The van der Waals surface area contributed by atoms with Crippen molar-refractivity contribution in [3.63, 3.8) is 0 Å². The number of aromatic nitrogens is 1. The van der Waals surface area contributed by atoms with Crippen molar-refractivity contribution in [3.8, 4) is 0 Å². The van der Waals surface area contributed by atoms with Crippen LogP contribution in [0.2, 0.25) is 0 Å². The number of nitrogens with zero attached hydrogens (tertiary/aromatic N) is 2. The number of hydrogen-bond acceptors (Lipinski definition) is 3. The Kier molecular flexibility index (Phi) is 2.31. The minimum atomic E-state index is 0.569. The third kappa shape index (κ3) is 2.28. The minimum absolute atomic E-state index is 0.569. The van der Waals surface area contributed by atoms with Gasteiger partial charge in [-0.3, -0.25) is 4.99 Å². The summed E-state index contributed by atoms with van der Waals surface area (Å²) in [6, 6.07) is 0. The van der Waals surface area contributed by atoms with Crippen LogP contribution < -0.4 is 5.73 Å². The van der Waals surface area contributed by atoms with Crippen molar-refractivity contribution in [2.45, 2.75) is 26.3 Å². The first kappa shape index (κ1) is 8.69. The maximum Gasteiger partial charge on any atom is 0.0973 e. The number of thiazole rings is 1. The predicted octanol–water partition coefficient (Wildman–Crippen LogP) is 1.72. The van der Waals surface area contributed by atoms with Crippen molar-refractivity contribution >= 4 is 17.2 Å². The number of aliphatic imine (C=N–C) groups is 1. The number of nitrogens with two attached hydrogens (primary N) is 1. The quantitative estimate of drug-likeness (QED) is 0.589. The Morgan fingerprint density at radius 1 is 1.77 bits per heavy atom. The van der Waals surface area contributed by atoms with Crippen LogP contribution in [-0.4, -0.2) is 10.8 Å². The Balaban J connectivity index is 1.94. The van der Waals surface area contributed by atoms with E-state index in [9.17, 15) is 0 Å². The van der Waals surface area contributed by atoms with Gasteiger partial charge in [0.25, 0.3) is 0 Å². The topological polar surface area (TPSA) is 51.3 Å². The molecule has 0 amide bonds.